The van der Waals surface area contributed by atoms with Crippen LogP contribution in [-0.4, -0.2) is 13.1 Å². The fourth-order valence-corrected chi connectivity index (χ4v) is 3.19. The topological polar surface area (TPSA) is 26.3 Å². The summed E-state index contributed by atoms with van der Waals surface area (Å²) in [5.41, 5.74) is 4.03. The van der Waals surface area contributed by atoms with E-state index in [0.717, 1.165) is 44.9 Å². The third kappa shape index (κ3) is 6.74. The van der Waals surface area contributed by atoms with Gasteiger partial charge in [0.15, 0.2) is 0 Å². The highest BCUT2D eigenvalue weighted by Crippen LogP contribution is 2.19. The largest absolute Gasteiger partial charge is 0.469 e. The van der Waals surface area contributed by atoms with Crippen molar-refractivity contribution >= 4 is 5.97 Å². The molecule has 0 aliphatic rings. The Balaban J connectivity index is 1.78. The van der Waals surface area contributed by atoms with Crippen molar-refractivity contribution in [2.24, 2.45) is 5.92 Å². The van der Waals surface area contributed by atoms with Crippen LogP contribution in [0.5, 0.6) is 0 Å². The van der Waals surface area contributed by atoms with Crippen LogP contribution in [-0.2, 0) is 28.8 Å². The van der Waals surface area contributed by atoms with Crippen molar-refractivity contribution in [2.75, 3.05) is 7.11 Å². The molecule has 0 aromatic heterocycles. The molecule has 0 saturated carbocycles. The summed E-state index contributed by atoms with van der Waals surface area (Å²) in [5.74, 6) is -0.0588. The number of carbonyl (C=O) groups is 1. The number of benzene rings is 2. The van der Waals surface area contributed by atoms with Crippen molar-refractivity contribution in [2.45, 2.75) is 51.9 Å². The molecule has 0 bridgehead atoms. The summed E-state index contributed by atoms with van der Waals surface area (Å²) in [7, 11) is 1.50. The van der Waals surface area contributed by atoms with E-state index in [-0.39, 0.29) is 11.9 Å². The summed E-state index contributed by atoms with van der Waals surface area (Å²) in [6.45, 7) is 2.16. The maximum Gasteiger partial charge on any atom is 0.308 e. The van der Waals surface area contributed by atoms with Crippen LogP contribution < -0.4 is 0 Å². The third-order valence-corrected chi connectivity index (χ3v) is 4.86. The van der Waals surface area contributed by atoms with Crippen LogP contribution in [0.2, 0.25) is 0 Å². The Kier molecular flexibility index (Phi) is 8.24. The van der Waals surface area contributed by atoms with Crippen molar-refractivity contribution in [3.63, 3.8) is 0 Å². The molecule has 2 aromatic rings. The summed E-state index contributed by atoms with van der Waals surface area (Å²) in [4.78, 5) is 12.1. The van der Waals surface area contributed by atoms with E-state index in [1.807, 2.05) is 6.07 Å². The van der Waals surface area contributed by atoms with E-state index in [1.165, 1.54) is 23.8 Å². The van der Waals surface area contributed by atoms with E-state index in [0.29, 0.717) is 0 Å². The molecule has 0 saturated heterocycles. The molecule has 2 heteroatoms. The minimum atomic E-state index is -0.0649. The first kappa shape index (κ1) is 19.2. The molecule has 0 amide bonds. The minimum Gasteiger partial charge on any atom is -0.469 e. The lowest BCUT2D eigenvalue weighted by atomic mass is 9.93. The molecule has 0 N–H and O–H groups in total. The molecule has 1 unspecified atom stereocenters. The lowest BCUT2D eigenvalue weighted by molar-refractivity contribution is -0.145. The lowest BCUT2D eigenvalue weighted by Gasteiger charge is -2.14. The van der Waals surface area contributed by atoms with Gasteiger partial charge in [0.2, 0.25) is 0 Å². The first-order valence-electron chi connectivity index (χ1n) is 9.42. The number of ether oxygens (including phenoxy) is 1. The number of methoxy groups -OCH3 is 1. The molecule has 0 heterocycles. The second-order valence-corrected chi connectivity index (χ2v) is 6.66. The van der Waals surface area contributed by atoms with Gasteiger partial charge in [0.05, 0.1) is 13.0 Å². The van der Waals surface area contributed by atoms with E-state index >= 15 is 0 Å². The van der Waals surface area contributed by atoms with Gasteiger partial charge in [-0.1, -0.05) is 67.9 Å². The van der Waals surface area contributed by atoms with Gasteiger partial charge in [-0.15, -0.1) is 0 Å². The normalized spacial score (nSPS) is 11.9. The van der Waals surface area contributed by atoms with Crippen molar-refractivity contribution < 1.29 is 9.53 Å². The number of carbonyl (C=O) groups excluding carboxylic acids is 1. The summed E-state index contributed by atoms with van der Waals surface area (Å²) in [6, 6.07) is 19.3. The van der Waals surface area contributed by atoms with E-state index in [1.54, 1.807) is 0 Å². The van der Waals surface area contributed by atoms with Crippen molar-refractivity contribution in [1.82, 2.24) is 0 Å². The van der Waals surface area contributed by atoms with Gasteiger partial charge in [-0.25, -0.2) is 0 Å². The van der Waals surface area contributed by atoms with E-state index < -0.39 is 0 Å². The molecule has 0 fully saturated rings. The second kappa shape index (κ2) is 10.7. The van der Waals surface area contributed by atoms with Gasteiger partial charge in [0, 0.05) is 0 Å². The van der Waals surface area contributed by atoms with E-state index in [9.17, 15) is 4.79 Å². The Morgan fingerprint density at radius 3 is 2.12 bits per heavy atom. The van der Waals surface area contributed by atoms with E-state index in [2.05, 4.69) is 55.5 Å². The van der Waals surface area contributed by atoms with Crippen molar-refractivity contribution in [1.29, 1.82) is 0 Å². The molecule has 134 valence electrons. The third-order valence-electron chi connectivity index (χ3n) is 4.86. The van der Waals surface area contributed by atoms with Crippen LogP contribution >= 0.6 is 0 Å². The van der Waals surface area contributed by atoms with Gasteiger partial charge >= 0.3 is 5.97 Å². The molecular weight excluding hydrogens is 308 g/mol. The Labute approximate surface area is 152 Å². The minimum absolute atomic E-state index is 0.00613. The van der Waals surface area contributed by atoms with Crippen LogP contribution in [0.25, 0.3) is 0 Å². The fourth-order valence-electron chi connectivity index (χ4n) is 3.19. The predicted octanol–water partition coefficient (Wildman–Crippen LogP) is 5.38. The highest BCUT2D eigenvalue weighted by molar-refractivity contribution is 5.72. The second-order valence-electron chi connectivity index (χ2n) is 6.66. The molecule has 0 spiro atoms. The molecule has 0 aliphatic carbocycles. The fraction of sp³-hybridized carbons (Fsp3) is 0.435. The summed E-state index contributed by atoms with van der Waals surface area (Å²) >= 11 is 0. The highest BCUT2D eigenvalue weighted by Gasteiger charge is 2.18. The quantitative estimate of drug-likeness (QED) is 0.429. The molecule has 2 aromatic carbocycles. The first-order chi connectivity index (χ1) is 12.2. The Bertz CT molecular complexity index is 616. The van der Waals surface area contributed by atoms with Gasteiger partial charge in [0.1, 0.15) is 0 Å². The molecule has 0 radical (unpaired) electrons. The van der Waals surface area contributed by atoms with Gasteiger partial charge < -0.3 is 4.74 Å². The molecule has 2 nitrogen and oxygen atoms in total. The van der Waals surface area contributed by atoms with Crippen LogP contribution in [0.4, 0.5) is 0 Å². The van der Waals surface area contributed by atoms with Crippen LogP contribution in [0, 0.1) is 5.92 Å². The number of esters is 1. The number of rotatable bonds is 10. The van der Waals surface area contributed by atoms with E-state index in [4.69, 9.17) is 4.74 Å². The van der Waals surface area contributed by atoms with Crippen molar-refractivity contribution in [3.8, 4) is 0 Å². The number of hydrogen-bond acceptors (Lipinski definition) is 2. The average Bonchev–Trinajstić information content (AvgIpc) is 2.68. The monoisotopic (exact) mass is 338 g/mol. The van der Waals surface area contributed by atoms with Gasteiger partial charge in [-0.2, -0.15) is 0 Å². The Hall–Kier alpha value is -2.09. The predicted molar refractivity (Wildman–Crippen MR) is 104 cm³/mol. The summed E-state index contributed by atoms with van der Waals surface area (Å²) < 4.78 is 5.01. The smallest absolute Gasteiger partial charge is 0.308 e. The Morgan fingerprint density at radius 1 is 0.840 bits per heavy atom. The van der Waals surface area contributed by atoms with Crippen LogP contribution in [0.15, 0.2) is 54.6 Å². The molecule has 25 heavy (non-hydrogen) atoms. The van der Waals surface area contributed by atoms with Gasteiger partial charge in [-0.3, -0.25) is 4.79 Å². The van der Waals surface area contributed by atoms with Crippen LogP contribution in [0.3, 0.4) is 0 Å². The highest BCUT2D eigenvalue weighted by atomic mass is 16.5. The zero-order chi connectivity index (χ0) is 17.9. The average molecular weight is 338 g/mol. The van der Waals surface area contributed by atoms with Gasteiger partial charge in [0.25, 0.3) is 0 Å². The maximum absolute atomic E-state index is 12.1. The van der Waals surface area contributed by atoms with Gasteiger partial charge in [-0.05, 0) is 55.2 Å². The SMILES string of the molecule is CCc1ccc(CCC(CCCCc2ccccc2)C(=O)OC)cc1. The molecule has 2 rings (SSSR count). The lowest BCUT2D eigenvalue weighted by Crippen LogP contribution is -2.17. The molecule has 1 atom stereocenters. The number of aryl methyl sites for hydroxylation is 3. The van der Waals surface area contributed by atoms with Crippen LogP contribution in [0.1, 0.15) is 49.3 Å². The van der Waals surface area contributed by atoms with Crippen molar-refractivity contribution in [3.05, 3.63) is 71.3 Å². The maximum atomic E-state index is 12.1. The Morgan fingerprint density at radius 2 is 1.48 bits per heavy atom. The standard InChI is InChI=1S/C23H30O2/c1-3-19-13-15-21(16-14-19)17-18-22(23(24)25-2)12-8-7-11-20-9-5-4-6-10-20/h4-6,9-10,13-16,22H,3,7-8,11-12,17-18H2,1-2H3. The number of hydrogen-bond donors (Lipinski definition) is 0. The first-order valence-corrected chi connectivity index (χ1v) is 9.42. The summed E-state index contributed by atoms with van der Waals surface area (Å²) in [6.07, 6.45) is 7.02. The summed E-state index contributed by atoms with van der Waals surface area (Å²) in [5, 5.41) is 0. The molecular formula is C23H30O2. The zero-order valence-corrected chi connectivity index (χ0v) is 15.5. The molecule has 0 aliphatic heterocycles. The number of unbranched alkanes of at least 4 members (excludes halogenated alkanes) is 1. The zero-order valence-electron chi connectivity index (χ0n) is 15.5.